The van der Waals surface area contributed by atoms with Gasteiger partial charge < -0.3 is 5.73 Å². The largest absolute Gasteiger partial charge is 0.330 e. The minimum Gasteiger partial charge on any atom is -0.330 e. The first-order chi connectivity index (χ1) is 4.72. The molecule has 0 saturated heterocycles. The predicted octanol–water partition coefficient (Wildman–Crippen LogP) is 2.24. The van der Waals surface area contributed by atoms with Crippen LogP contribution in [0.25, 0.3) is 0 Å². The van der Waals surface area contributed by atoms with Crippen molar-refractivity contribution in [2.24, 2.45) is 11.7 Å². The molecular weight excluding hydrogens is 142 g/mol. The van der Waals surface area contributed by atoms with Crippen molar-refractivity contribution in [2.75, 3.05) is 6.54 Å². The van der Waals surface area contributed by atoms with E-state index in [9.17, 15) is 0 Å². The fraction of sp³-hybridized carbons (Fsp3) is 0.750. The first kappa shape index (κ1) is 10.0. The van der Waals surface area contributed by atoms with Gasteiger partial charge in [0.2, 0.25) is 0 Å². The Kier molecular flexibility index (Phi) is 5.84. The molecule has 1 unspecified atom stereocenters. The predicted molar refractivity (Wildman–Crippen MR) is 50.1 cm³/mol. The van der Waals surface area contributed by atoms with E-state index in [2.05, 4.69) is 20.4 Å². The Labute approximate surface area is 68.1 Å². The molecule has 0 fully saturated rings. The van der Waals surface area contributed by atoms with Gasteiger partial charge in [-0.25, -0.2) is 0 Å². The van der Waals surface area contributed by atoms with Crippen molar-refractivity contribution in [3.8, 4) is 0 Å². The van der Waals surface area contributed by atoms with Gasteiger partial charge in [0.15, 0.2) is 0 Å². The summed E-state index contributed by atoms with van der Waals surface area (Å²) in [6.45, 7) is 8.91. The second-order valence-electron chi connectivity index (χ2n) is 2.56. The summed E-state index contributed by atoms with van der Waals surface area (Å²) in [5.74, 6) is 0.702. The quantitative estimate of drug-likeness (QED) is 0.665. The SMILES string of the molecule is C=CS[C@@H](C)C(C)CCN. The molecule has 0 amide bonds. The van der Waals surface area contributed by atoms with Gasteiger partial charge in [-0.15, -0.1) is 11.8 Å². The summed E-state index contributed by atoms with van der Waals surface area (Å²) in [7, 11) is 0. The highest BCUT2D eigenvalue weighted by atomic mass is 32.2. The van der Waals surface area contributed by atoms with Crippen LogP contribution in [0.15, 0.2) is 12.0 Å². The van der Waals surface area contributed by atoms with Crippen LogP contribution in [-0.2, 0) is 0 Å². The van der Waals surface area contributed by atoms with Gasteiger partial charge in [-0.05, 0) is 24.3 Å². The number of rotatable bonds is 5. The van der Waals surface area contributed by atoms with E-state index in [0.29, 0.717) is 11.2 Å². The fourth-order valence-electron chi connectivity index (χ4n) is 0.784. The lowest BCUT2D eigenvalue weighted by atomic mass is 10.1. The first-order valence-electron chi connectivity index (χ1n) is 3.68. The molecule has 0 bridgehead atoms. The van der Waals surface area contributed by atoms with Gasteiger partial charge in [0, 0.05) is 5.25 Å². The van der Waals surface area contributed by atoms with Gasteiger partial charge in [0.25, 0.3) is 0 Å². The van der Waals surface area contributed by atoms with Crippen LogP contribution in [0.5, 0.6) is 0 Å². The van der Waals surface area contributed by atoms with E-state index in [1.807, 2.05) is 5.41 Å². The molecule has 0 aromatic rings. The molecular formula is C8H17NS. The smallest absolute Gasteiger partial charge is 0.00860 e. The van der Waals surface area contributed by atoms with Crippen molar-refractivity contribution >= 4 is 11.8 Å². The van der Waals surface area contributed by atoms with Crippen LogP contribution >= 0.6 is 11.8 Å². The zero-order chi connectivity index (χ0) is 7.98. The fourth-order valence-corrected chi connectivity index (χ4v) is 1.49. The molecule has 0 rings (SSSR count). The molecule has 0 spiro atoms. The van der Waals surface area contributed by atoms with E-state index < -0.39 is 0 Å². The Balaban J connectivity index is 3.47. The molecule has 2 heteroatoms. The summed E-state index contributed by atoms with van der Waals surface area (Å²) in [6, 6.07) is 0. The average Bonchev–Trinajstić information content (AvgIpc) is 1.89. The van der Waals surface area contributed by atoms with Gasteiger partial charge in [-0.1, -0.05) is 20.4 Å². The monoisotopic (exact) mass is 159 g/mol. The highest BCUT2D eigenvalue weighted by Gasteiger charge is 2.09. The number of nitrogens with two attached hydrogens (primary N) is 1. The lowest BCUT2D eigenvalue weighted by Gasteiger charge is -2.16. The molecule has 0 saturated carbocycles. The molecule has 0 aromatic carbocycles. The summed E-state index contributed by atoms with van der Waals surface area (Å²) >= 11 is 1.79. The number of hydrogen-bond donors (Lipinski definition) is 1. The third-order valence-corrected chi connectivity index (χ3v) is 2.82. The van der Waals surface area contributed by atoms with Crippen molar-refractivity contribution in [3.63, 3.8) is 0 Å². The first-order valence-corrected chi connectivity index (χ1v) is 4.63. The van der Waals surface area contributed by atoms with Gasteiger partial charge >= 0.3 is 0 Å². The van der Waals surface area contributed by atoms with E-state index in [1.165, 1.54) is 0 Å². The highest BCUT2D eigenvalue weighted by Crippen LogP contribution is 2.21. The van der Waals surface area contributed by atoms with Crippen LogP contribution in [0.1, 0.15) is 20.3 Å². The molecule has 60 valence electrons. The minimum atomic E-state index is 0.654. The van der Waals surface area contributed by atoms with Crippen LogP contribution in [0.2, 0.25) is 0 Å². The maximum atomic E-state index is 5.43. The lowest BCUT2D eigenvalue weighted by Crippen LogP contribution is -2.14. The third kappa shape index (κ3) is 3.96. The third-order valence-electron chi connectivity index (χ3n) is 1.73. The molecule has 0 aliphatic rings. The Bertz CT molecular complexity index is 93.3. The van der Waals surface area contributed by atoms with Crippen LogP contribution in [0.4, 0.5) is 0 Å². The van der Waals surface area contributed by atoms with Crippen LogP contribution in [-0.4, -0.2) is 11.8 Å². The molecule has 0 radical (unpaired) electrons. The van der Waals surface area contributed by atoms with Gasteiger partial charge in [-0.3, -0.25) is 0 Å². The van der Waals surface area contributed by atoms with Crippen molar-refractivity contribution in [3.05, 3.63) is 12.0 Å². The van der Waals surface area contributed by atoms with Crippen LogP contribution < -0.4 is 5.73 Å². The average molecular weight is 159 g/mol. The van der Waals surface area contributed by atoms with Gasteiger partial charge in [0.05, 0.1) is 0 Å². The van der Waals surface area contributed by atoms with E-state index in [-0.39, 0.29) is 0 Å². The molecule has 0 aliphatic carbocycles. The summed E-state index contributed by atoms with van der Waals surface area (Å²) in [5, 5.41) is 2.55. The molecule has 2 atom stereocenters. The van der Waals surface area contributed by atoms with Crippen molar-refractivity contribution in [2.45, 2.75) is 25.5 Å². The van der Waals surface area contributed by atoms with E-state index in [4.69, 9.17) is 5.73 Å². The molecule has 2 N–H and O–H groups in total. The normalized spacial score (nSPS) is 16.3. The maximum Gasteiger partial charge on any atom is 0.00860 e. The van der Waals surface area contributed by atoms with Gasteiger partial charge in [-0.2, -0.15) is 0 Å². The lowest BCUT2D eigenvalue weighted by molar-refractivity contribution is 0.537. The van der Waals surface area contributed by atoms with Crippen molar-refractivity contribution in [1.29, 1.82) is 0 Å². The zero-order valence-corrected chi connectivity index (χ0v) is 7.66. The summed E-state index contributed by atoms with van der Waals surface area (Å²) in [6.07, 6.45) is 1.11. The maximum absolute atomic E-state index is 5.43. The van der Waals surface area contributed by atoms with E-state index in [1.54, 1.807) is 11.8 Å². The Morgan fingerprint density at radius 1 is 1.60 bits per heavy atom. The molecule has 0 heterocycles. The topological polar surface area (TPSA) is 26.0 Å². The molecule has 1 nitrogen and oxygen atoms in total. The molecule has 0 aliphatic heterocycles. The second-order valence-corrected chi connectivity index (χ2v) is 3.91. The highest BCUT2D eigenvalue weighted by molar-refractivity contribution is 8.02. The zero-order valence-electron chi connectivity index (χ0n) is 6.84. The van der Waals surface area contributed by atoms with Crippen molar-refractivity contribution in [1.82, 2.24) is 0 Å². The molecule has 10 heavy (non-hydrogen) atoms. The van der Waals surface area contributed by atoms with Crippen LogP contribution in [0, 0.1) is 5.92 Å². The Morgan fingerprint density at radius 3 is 2.60 bits per heavy atom. The van der Waals surface area contributed by atoms with Crippen molar-refractivity contribution < 1.29 is 0 Å². The molecule has 0 aromatic heterocycles. The van der Waals surface area contributed by atoms with Gasteiger partial charge in [0.1, 0.15) is 0 Å². The summed E-state index contributed by atoms with van der Waals surface area (Å²) < 4.78 is 0. The number of hydrogen-bond acceptors (Lipinski definition) is 2. The Morgan fingerprint density at radius 2 is 2.20 bits per heavy atom. The Hall–Kier alpha value is 0.0500. The standard InChI is InChI=1S/C8H17NS/c1-4-10-8(3)7(2)5-6-9/h4,7-8H,1,5-6,9H2,2-3H3/t7?,8-/m0/s1. The van der Waals surface area contributed by atoms with E-state index in [0.717, 1.165) is 13.0 Å². The van der Waals surface area contributed by atoms with Crippen LogP contribution in [0.3, 0.4) is 0 Å². The second kappa shape index (κ2) is 5.81. The summed E-state index contributed by atoms with van der Waals surface area (Å²) in [4.78, 5) is 0. The summed E-state index contributed by atoms with van der Waals surface area (Å²) in [5.41, 5.74) is 5.43. The van der Waals surface area contributed by atoms with E-state index >= 15 is 0 Å². The number of thioether (sulfide) groups is 1. The minimum absolute atomic E-state index is 0.654.